The largest absolute Gasteiger partial charge is 0.489 e. The fourth-order valence-electron chi connectivity index (χ4n) is 2.16. The van der Waals surface area contributed by atoms with Gasteiger partial charge >= 0.3 is 0 Å². The zero-order chi connectivity index (χ0) is 14.5. The number of hydrogen-bond donors (Lipinski definition) is 1. The van der Waals surface area contributed by atoms with Crippen LogP contribution in [0.25, 0.3) is 11.1 Å². The normalized spacial score (nSPS) is 10.3. The minimum atomic E-state index is 0.585. The van der Waals surface area contributed by atoms with Crippen LogP contribution >= 0.6 is 0 Å². The van der Waals surface area contributed by atoms with Gasteiger partial charge in [0.15, 0.2) is 0 Å². The van der Waals surface area contributed by atoms with Crippen LogP contribution in [0.3, 0.4) is 0 Å². The van der Waals surface area contributed by atoms with Crippen LogP contribution in [0.2, 0.25) is 0 Å². The Bertz CT molecular complexity index is 688. The van der Waals surface area contributed by atoms with E-state index in [0.717, 1.165) is 22.6 Å². The lowest BCUT2D eigenvalue weighted by Gasteiger charge is -2.08. The summed E-state index contributed by atoms with van der Waals surface area (Å²) in [4.78, 5) is 0. The Morgan fingerprint density at radius 2 is 1.24 bits per heavy atom. The maximum atomic E-state index is 5.78. The second-order valence-electron chi connectivity index (χ2n) is 4.92. The van der Waals surface area contributed by atoms with Gasteiger partial charge in [0.25, 0.3) is 0 Å². The summed E-state index contributed by atoms with van der Waals surface area (Å²) in [7, 11) is 0. The van der Waals surface area contributed by atoms with E-state index in [1.807, 2.05) is 54.6 Å². The van der Waals surface area contributed by atoms with E-state index in [9.17, 15) is 0 Å². The van der Waals surface area contributed by atoms with Gasteiger partial charge in [-0.3, -0.25) is 0 Å². The van der Waals surface area contributed by atoms with Crippen LogP contribution in [-0.2, 0) is 6.61 Å². The van der Waals surface area contributed by atoms with E-state index in [0.29, 0.717) is 6.61 Å². The highest BCUT2D eigenvalue weighted by atomic mass is 16.5. The highest BCUT2D eigenvalue weighted by Crippen LogP contribution is 2.23. The molecule has 0 saturated carbocycles. The van der Waals surface area contributed by atoms with Crippen LogP contribution in [0.4, 0.5) is 5.69 Å². The van der Waals surface area contributed by atoms with E-state index in [1.54, 1.807) is 0 Å². The van der Waals surface area contributed by atoms with Gasteiger partial charge in [0, 0.05) is 5.69 Å². The molecule has 2 heteroatoms. The van der Waals surface area contributed by atoms with Gasteiger partial charge < -0.3 is 10.5 Å². The van der Waals surface area contributed by atoms with Crippen molar-refractivity contribution in [1.29, 1.82) is 0 Å². The van der Waals surface area contributed by atoms with Gasteiger partial charge in [-0.2, -0.15) is 0 Å². The number of nitrogen functional groups attached to an aromatic ring is 1. The molecular weight excluding hydrogens is 258 g/mol. The molecular formula is C19H17NO. The lowest BCUT2D eigenvalue weighted by atomic mass is 10.1. The van der Waals surface area contributed by atoms with Gasteiger partial charge in [-0.1, -0.05) is 54.6 Å². The summed E-state index contributed by atoms with van der Waals surface area (Å²) < 4.78 is 5.78. The zero-order valence-electron chi connectivity index (χ0n) is 11.7. The van der Waals surface area contributed by atoms with Crippen molar-refractivity contribution in [3.63, 3.8) is 0 Å². The Balaban J connectivity index is 1.68. The molecule has 0 spiro atoms. The average Bonchev–Trinajstić information content (AvgIpc) is 2.55. The van der Waals surface area contributed by atoms with Crippen LogP contribution in [-0.4, -0.2) is 0 Å². The first-order chi connectivity index (χ1) is 10.3. The molecule has 0 aromatic heterocycles. The van der Waals surface area contributed by atoms with Gasteiger partial charge in [0.2, 0.25) is 0 Å². The summed E-state index contributed by atoms with van der Waals surface area (Å²) >= 11 is 0. The fourth-order valence-corrected chi connectivity index (χ4v) is 2.16. The lowest BCUT2D eigenvalue weighted by Crippen LogP contribution is -1.94. The van der Waals surface area contributed by atoms with Gasteiger partial charge in [-0.25, -0.2) is 0 Å². The Morgan fingerprint density at radius 3 is 1.86 bits per heavy atom. The lowest BCUT2D eigenvalue weighted by molar-refractivity contribution is 0.306. The summed E-state index contributed by atoms with van der Waals surface area (Å²) in [5.74, 6) is 0.873. The molecule has 0 aliphatic heterocycles. The second kappa shape index (κ2) is 6.14. The van der Waals surface area contributed by atoms with Gasteiger partial charge in [-0.05, 0) is 41.0 Å². The SMILES string of the molecule is Nc1ccc(-c2ccc(OCc3ccccc3)cc2)cc1. The summed E-state index contributed by atoms with van der Waals surface area (Å²) in [6.07, 6.45) is 0. The van der Waals surface area contributed by atoms with Crippen LogP contribution in [0.1, 0.15) is 5.56 Å². The van der Waals surface area contributed by atoms with E-state index < -0.39 is 0 Å². The first-order valence-electron chi connectivity index (χ1n) is 6.94. The number of anilines is 1. The smallest absolute Gasteiger partial charge is 0.119 e. The van der Waals surface area contributed by atoms with Crippen molar-refractivity contribution in [2.75, 3.05) is 5.73 Å². The molecule has 0 heterocycles. The maximum Gasteiger partial charge on any atom is 0.119 e. The predicted molar refractivity (Wildman–Crippen MR) is 87.1 cm³/mol. The standard InChI is InChI=1S/C19H17NO/c20-18-10-6-16(7-11-18)17-8-12-19(13-9-17)21-14-15-4-2-1-3-5-15/h1-13H,14,20H2. The number of nitrogens with two attached hydrogens (primary N) is 1. The molecule has 0 radical (unpaired) electrons. The number of hydrogen-bond acceptors (Lipinski definition) is 2. The molecule has 0 atom stereocenters. The highest BCUT2D eigenvalue weighted by molar-refractivity contribution is 5.66. The van der Waals surface area contributed by atoms with E-state index in [-0.39, 0.29) is 0 Å². The van der Waals surface area contributed by atoms with E-state index in [4.69, 9.17) is 10.5 Å². The third kappa shape index (κ3) is 3.42. The molecule has 2 N–H and O–H groups in total. The second-order valence-corrected chi connectivity index (χ2v) is 4.92. The predicted octanol–water partition coefficient (Wildman–Crippen LogP) is 4.51. The minimum Gasteiger partial charge on any atom is -0.489 e. The van der Waals surface area contributed by atoms with E-state index in [1.165, 1.54) is 5.56 Å². The molecule has 0 bridgehead atoms. The Kier molecular flexibility index (Phi) is 3.88. The minimum absolute atomic E-state index is 0.585. The molecule has 3 rings (SSSR count). The first kappa shape index (κ1) is 13.3. The number of rotatable bonds is 4. The van der Waals surface area contributed by atoms with Crippen LogP contribution in [0.5, 0.6) is 5.75 Å². The highest BCUT2D eigenvalue weighted by Gasteiger charge is 1.99. The molecule has 0 fully saturated rings. The topological polar surface area (TPSA) is 35.2 Å². The van der Waals surface area contributed by atoms with Crippen molar-refractivity contribution in [2.45, 2.75) is 6.61 Å². The summed E-state index contributed by atoms with van der Waals surface area (Å²) in [6, 6.07) is 26.1. The van der Waals surface area contributed by atoms with E-state index >= 15 is 0 Å². The van der Waals surface area contributed by atoms with Crippen molar-refractivity contribution in [2.24, 2.45) is 0 Å². The molecule has 0 aliphatic carbocycles. The Labute approximate surface area is 124 Å². The van der Waals surface area contributed by atoms with Crippen molar-refractivity contribution in [3.05, 3.63) is 84.4 Å². The molecule has 0 aliphatic rings. The number of benzene rings is 3. The van der Waals surface area contributed by atoms with Gasteiger partial charge in [0.1, 0.15) is 12.4 Å². The third-order valence-electron chi connectivity index (χ3n) is 3.35. The average molecular weight is 275 g/mol. The first-order valence-corrected chi connectivity index (χ1v) is 6.94. The summed E-state index contributed by atoms with van der Waals surface area (Å²) in [5.41, 5.74) is 9.96. The monoisotopic (exact) mass is 275 g/mol. The zero-order valence-corrected chi connectivity index (χ0v) is 11.7. The molecule has 0 unspecified atom stereocenters. The van der Waals surface area contributed by atoms with Crippen LogP contribution < -0.4 is 10.5 Å². The van der Waals surface area contributed by atoms with Crippen LogP contribution in [0, 0.1) is 0 Å². The van der Waals surface area contributed by atoms with Crippen molar-refractivity contribution >= 4 is 5.69 Å². The van der Waals surface area contributed by atoms with Gasteiger partial charge in [-0.15, -0.1) is 0 Å². The quantitative estimate of drug-likeness (QED) is 0.711. The fraction of sp³-hybridized carbons (Fsp3) is 0.0526. The molecule has 21 heavy (non-hydrogen) atoms. The molecule has 3 aromatic carbocycles. The van der Waals surface area contributed by atoms with E-state index in [2.05, 4.69) is 24.3 Å². The van der Waals surface area contributed by atoms with Gasteiger partial charge in [0.05, 0.1) is 0 Å². The molecule has 104 valence electrons. The maximum absolute atomic E-state index is 5.78. The van der Waals surface area contributed by atoms with Crippen molar-refractivity contribution in [1.82, 2.24) is 0 Å². The number of ether oxygens (including phenoxy) is 1. The van der Waals surface area contributed by atoms with Crippen molar-refractivity contribution in [3.8, 4) is 16.9 Å². The third-order valence-corrected chi connectivity index (χ3v) is 3.35. The molecule has 0 saturated heterocycles. The Hall–Kier alpha value is -2.74. The van der Waals surface area contributed by atoms with Crippen LogP contribution in [0.15, 0.2) is 78.9 Å². The molecule has 3 aromatic rings. The van der Waals surface area contributed by atoms with Crippen molar-refractivity contribution < 1.29 is 4.74 Å². The summed E-state index contributed by atoms with van der Waals surface area (Å²) in [5, 5.41) is 0. The molecule has 0 amide bonds. The summed E-state index contributed by atoms with van der Waals surface area (Å²) in [6.45, 7) is 0.585. The molecule has 2 nitrogen and oxygen atoms in total. The Morgan fingerprint density at radius 1 is 0.667 bits per heavy atom.